The number of amides is 1. The summed E-state index contributed by atoms with van der Waals surface area (Å²) in [6, 6.07) is 6.93. The zero-order chi connectivity index (χ0) is 14.3. The van der Waals surface area contributed by atoms with Gasteiger partial charge in [-0.3, -0.25) is 10.2 Å². The third-order valence-corrected chi connectivity index (χ3v) is 5.59. The second kappa shape index (κ2) is 5.39. The quantitative estimate of drug-likeness (QED) is 0.736. The van der Waals surface area contributed by atoms with E-state index in [1.54, 1.807) is 11.8 Å². The lowest BCUT2D eigenvalue weighted by Gasteiger charge is -2.28. The number of nitrogens with one attached hydrogen (secondary N) is 3. The van der Waals surface area contributed by atoms with Crippen LogP contribution in [0.1, 0.15) is 28.9 Å². The van der Waals surface area contributed by atoms with Gasteiger partial charge >= 0.3 is 0 Å². The van der Waals surface area contributed by atoms with Crippen LogP contribution < -0.4 is 16.2 Å². The number of thioether (sulfide) groups is 1. The third-order valence-electron chi connectivity index (χ3n) is 4.23. The van der Waals surface area contributed by atoms with Crippen molar-refractivity contribution in [2.45, 2.75) is 38.2 Å². The molecule has 4 atom stereocenters. The molecule has 2 aliphatic heterocycles. The van der Waals surface area contributed by atoms with Gasteiger partial charge in [-0.1, -0.05) is 23.8 Å². The highest BCUT2D eigenvalue weighted by Crippen LogP contribution is 2.43. The normalized spacial score (nSPS) is 33.5. The summed E-state index contributed by atoms with van der Waals surface area (Å²) in [5.74, 6) is 0.993. The molecule has 0 bridgehead atoms. The van der Waals surface area contributed by atoms with Gasteiger partial charge in [0.05, 0.1) is 11.9 Å². The van der Waals surface area contributed by atoms with E-state index in [1.165, 1.54) is 16.7 Å². The van der Waals surface area contributed by atoms with Gasteiger partial charge in [-0.2, -0.15) is 0 Å². The number of rotatable bonds is 1. The number of fused-ring (bicyclic) bond motifs is 1. The minimum atomic E-state index is 0.0115. The highest BCUT2D eigenvalue weighted by atomic mass is 32.2. The van der Waals surface area contributed by atoms with E-state index in [1.807, 2.05) is 0 Å². The summed E-state index contributed by atoms with van der Waals surface area (Å²) in [6.07, 6.45) is 0.0115. The van der Waals surface area contributed by atoms with Crippen molar-refractivity contribution in [1.29, 1.82) is 0 Å². The number of aryl methyl sites for hydroxylation is 2. The molecule has 0 spiro atoms. The summed E-state index contributed by atoms with van der Waals surface area (Å²) >= 11 is 1.76. The van der Waals surface area contributed by atoms with Crippen molar-refractivity contribution in [2.75, 3.05) is 5.75 Å². The number of hydrogen-bond donors (Lipinski definition) is 3. The van der Waals surface area contributed by atoms with Gasteiger partial charge in [0.1, 0.15) is 0 Å². The van der Waals surface area contributed by atoms with E-state index in [9.17, 15) is 4.79 Å². The van der Waals surface area contributed by atoms with Crippen LogP contribution in [0.4, 0.5) is 0 Å². The van der Waals surface area contributed by atoms with Gasteiger partial charge in [0.15, 0.2) is 0 Å². The standard InChI is InChI=1S/C15H21N3OS/c1-8-4-5-9(2)11(6-8)14-13-10(3)17-18-15(13)16-12(19)7-20-14/h4-6,10,13-15,17-18H,7H2,1-3H3,(H,16,19). The van der Waals surface area contributed by atoms with Gasteiger partial charge in [0, 0.05) is 17.2 Å². The second-order valence-electron chi connectivity index (χ2n) is 5.79. The van der Waals surface area contributed by atoms with E-state index in [-0.39, 0.29) is 12.1 Å². The molecule has 4 nitrogen and oxygen atoms in total. The zero-order valence-corrected chi connectivity index (χ0v) is 12.9. The minimum Gasteiger partial charge on any atom is -0.338 e. The Morgan fingerprint density at radius 2 is 2.05 bits per heavy atom. The molecule has 4 unspecified atom stereocenters. The molecule has 0 radical (unpaired) electrons. The topological polar surface area (TPSA) is 53.2 Å². The number of hydrogen-bond acceptors (Lipinski definition) is 4. The molecule has 108 valence electrons. The first-order valence-electron chi connectivity index (χ1n) is 7.05. The summed E-state index contributed by atoms with van der Waals surface area (Å²) in [7, 11) is 0. The number of carbonyl (C=O) groups is 1. The maximum atomic E-state index is 11.9. The van der Waals surface area contributed by atoms with E-state index >= 15 is 0 Å². The third kappa shape index (κ3) is 2.45. The molecule has 1 aromatic carbocycles. The Morgan fingerprint density at radius 1 is 1.25 bits per heavy atom. The maximum Gasteiger partial charge on any atom is 0.231 e. The minimum absolute atomic E-state index is 0.0115. The molecular formula is C15H21N3OS. The first kappa shape index (κ1) is 13.9. The summed E-state index contributed by atoms with van der Waals surface area (Å²) < 4.78 is 0. The Morgan fingerprint density at radius 3 is 2.85 bits per heavy atom. The van der Waals surface area contributed by atoms with Crippen LogP contribution in [0.3, 0.4) is 0 Å². The predicted molar refractivity (Wildman–Crippen MR) is 82.3 cm³/mol. The van der Waals surface area contributed by atoms with Crippen molar-refractivity contribution in [3.8, 4) is 0 Å². The van der Waals surface area contributed by atoms with E-state index in [0.717, 1.165) is 0 Å². The molecule has 0 saturated carbocycles. The Hall–Kier alpha value is -1.04. The molecule has 1 amide bonds. The van der Waals surface area contributed by atoms with E-state index in [2.05, 4.69) is 55.1 Å². The van der Waals surface area contributed by atoms with Gasteiger partial charge in [-0.15, -0.1) is 11.8 Å². The van der Waals surface area contributed by atoms with Crippen LogP contribution in [0.5, 0.6) is 0 Å². The molecule has 2 aliphatic rings. The van der Waals surface area contributed by atoms with Gasteiger partial charge in [-0.05, 0) is 31.9 Å². The lowest BCUT2D eigenvalue weighted by molar-refractivity contribution is -0.119. The molecule has 2 saturated heterocycles. The number of carbonyl (C=O) groups excluding carboxylic acids is 1. The Balaban J connectivity index is 2.01. The summed E-state index contributed by atoms with van der Waals surface area (Å²) in [4.78, 5) is 11.9. The lowest BCUT2D eigenvalue weighted by Crippen LogP contribution is -2.46. The van der Waals surface area contributed by atoms with Gasteiger partial charge in [0.2, 0.25) is 5.91 Å². The SMILES string of the molecule is Cc1ccc(C)c(C2SCC(=O)NC3NNC(C)C32)c1. The van der Waals surface area contributed by atoms with Crippen molar-refractivity contribution in [1.82, 2.24) is 16.2 Å². The first-order chi connectivity index (χ1) is 9.56. The van der Waals surface area contributed by atoms with Crippen LogP contribution in [0.25, 0.3) is 0 Å². The van der Waals surface area contributed by atoms with Crippen LogP contribution in [-0.4, -0.2) is 23.9 Å². The van der Waals surface area contributed by atoms with Gasteiger partial charge in [0.25, 0.3) is 0 Å². The van der Waals surface area contributed by atoms with E-state index in [4.69, 9.17) is 0 Å². The maximum absolute atomic E-state index is 11.9. The highest BCUT2D eigenvalue weighted by molar-refractivity contribution is 8.00. The van der Waals surface area contributed by atoms with E-state index in [0.29, 0.717) is 23.0 Å². The fourth-order valence-corrected chi connectivity index (χ4v) is 4.59. The van der Waals surface area contributed by atoms with Crippen molar-refractivity contribution in [3.05, 3.63) is 34.9 Å². The fourth-order valence-electron chi connectivity index (χ4n) is 3.13. The Bertz CT molecular complexity index is 534. The average Bonchev–Trinajstić information content (AvgIpc) is 2.67. The molecule has 0 aliphatic carbocycles. The van der Waals surface area contributed by atoms with Crippen molar-refractivity contribution >= 4 is 17.7 Å². The fraction of sp³-hybridized carbons (Fsp3) is 0.533. The van der Waals surface area contributed by atoms with Crippen LogP contribution in [0, 0.1) is 19.8 Å². The Kier molecular flexibility index (Phi) is 3.75. The zero-order valence-electron chi connectivity index (χ0n) is 12.1. The van der Waals surface area contributed by atoms with Crippen LogP contribution in [0.15, 0.2) is 18.2 Å². The summed E-state index contributed by atoms with van der Waals surface area (Å²) in [5, 5.41) is 3.40. The van der Waals surface area contributed by atoms with E-state index < -0.39 is 0 Å². The largest absolute Gasteiger partial charge is 0.338 e. The summed E-state index contributed by atoms with van der Waals surface area (Å²) in [5.41, 5.74) is 10.4. The molecule has 1 aromatic rings. The molecular weight excluding hydrogens is 270 g/mol. The number of hydrazine groups is 1. The predicted octanol–water partition coefficient (Wildman–Crippen LogP) is 1.65. The van der Waals surface area contributed by atoms with Crippen LogP contribution in [0.2, 0.25) is 0 Å². The first-order valence-corrected chi connectivity index (χ1v) is 8.10. The van der Waals surface area contributed by atoms with Crippen LogP contribution >= 0.6 is 11.8 Å². The van der Waals surface area contributed by atoms with Crippen LogP contribution in [-0.2, 0) is 4.79 Å². The smallest absolute Gasteiger partial charge is 0.231 e. The highest BCUT2D eigenvalue weighted by Gasteiger charge is 2.43. The van der Waals surface area contributed by atoms with Crippen molar-refractivity contribution in [2.24, 2.45) is 5.92 Å². The Labute approximate surface area is 124 Å². The molecule has 3 N–H and O–H groups in total. The molecule has 0 aromatic heterocycles. The lowest BCUT2D eigenvalue weighted by atomic mass is 9.89. The van der Waals surface area contributed by atoms with Crippen molar-refractivity contribution in [3.63, 3.8) is 0 Å². The molecule has 2 heterocycles. The molecule has 2 fully saturated rings. The monoisotopic (exact) mass is 291 g/mol. The second-order valence-corrected chi connectivity index (χ2v) is 6.92. The molecule has 3 rings (SSSR count). The summed E-state index contributed by atoms with van der Waals surface area (Å²) in [6.45, 7) is 6.46. The molecule has 20 heavy (non-hydrogen) atoms. The molecule has 5 heteroatoms. The average molecular weight is 291 g/mol. The van der Waals surface area contributed by atoms with Gasteiger partial charge in [-0.25, -0.2) is 5.43 Å². The van der Waals surface area contributed by atoms with Crippen molar-refractivity contribution < 1.29 is 4.79 Å². The number of benzene rings is 1. The van der Waals surface area contributed by atoms with Gasteiger partial charge < -0.3 is 5.32 Å².